The summed E-state index contributed by atoms with van der Waals surface area (Å²) in [5.74, 6) is 0.333. The SMILES string of the molecule is Nc1ncnc2c1ncn2CCOCP1(=O)OCC[C@@H](c2ccccc2)O1. The maximum absolute atomic E-state index is 12.8. The molecule has 0 spiro atoms. The normalized spacial score (nSPS) is 22.9. The number of imidazole rings is 1. The van der Waals surface area contributed by atoms with E-state index in [0.29, 0.717) is 43.2 Å². The molecule has 10 heteroatoms. The number of benzene rings is 1. The van der Waals surface area contributed by atoms with E-state index in [0.717, 1.165) is 5.56 Å². The fourth-order valence-electron chi connectivity index (χ4n) is 2.94. The van der Waals surface area contributed by atoms with E-state index in [1.54, 1.807) is 10.9 Å². The van der Waals surface area contributed by atoms with Crippen LogP contribution in [0.1, 0.15) is 18.1 Å². The third-order valence-electron chi connectivity index (χ3n) is 4.28. The number of nitrogen functional groups attached to an aromatic ring is 1. The van der Waals surface area contributed by atoms with E-state index in [-0.39, 0.29) is 12.5 Å². The van der Waals surface area contributed by atoms with Crippen LogP contribution in [-0.4, -0.2) is 39.1 Å². The van der Waals surface area contributed by atoms with Crippen molar-refractivity contribution in [1.82, 2.24) is 19.5 Å². The van der Waals surface area contributed by atoms with Gasteiger partial charge in [0.15, 0.2) is 11.5 Å². The first kappa shape index (κ1) is 18.1. The zero-order valence-corrected chi connectivity index (χ0v) is 15.5. The molecule has 0 aliphatic carbocycles. The Kier molecular flexibility index (Phi) is 5.18. The third kappa shape index (κ3) is 4.01. The molecule has 0 bridgehead atoms. The lowest BCUT2D eigenvalue weighted by Crippen LogP contribution is -2.17. The van der Waals surface area contributed by atoms with E-state index < -0.39 is 7.60 Å². The van der Waals surface area contributed by atoms with Crippen LogP contribution in [0.3, 0.4) is 0 Å². The van der Waals surface area contributed by atoms with Crippen molar-refractivity contribution in [1.29, 1.82) is 0 Å². The third-order valence-corrected chi connectivity index (χ3v) is 5.93. The lowest BCUT2D eigenvalue weighted by Gasteiger charge is -2.29. The summed E-state index contributed by atoms with van der Waals surface area (Å²) in [6, 6.07) is 9.71. The van der Waals surface area contributed by atoms with Crippen LogP contribution in [0.25, 0.3) is 11.2 Å². The molecule has 1 unspecified atom stereocenters. The number of anilines is 1. The van der Waals surface area contributed by atoms with Gasteiger partial charge in [-0.25, -0.2) is 15.0 Å². The van der Waals surface area contributed by atoms with Crippen LogP contribution in [0, 0.1) is 0 Å². The molecule has 0 radical (unpaired) electrons. The predicted molar refractivity (Wildman–Crippen MR) is 99.0 cm³/mol. The highest BCUT2D eigenvalue weighted by Gasteiger charge is 2.34. The fourth-order valence-corrected chi connectivity index (χ4v) is 4.49. The molecule has 27 heavy (non-hydrogen) atoms. The van der Waals surface area contributed by atoms with Crippen LogP contribution in [0.5, 0.6) is 0 Å². The Labute approximate surface area is 156 Å². The average Bonchev–Trinajstić information content (AvgIpc) is 3.11. The maximum Gasteiger partial charge on any atom is 0.356 e. The van der Waals surface area contributed by atoms with Crippen LogP contribution in [0.4, 0.5) is 5.82 Å². The van der Waals surface area contributed by atoms with E-state index in [4.69, 9.17) is 19.5 Å². The predicted octanol–water partition coefficient (Wildman–Crippen LogP) is 2.75. The van der Waals surface area contributed by atoms with Gasteiger partial charge < -0.3 is 19.6 Å². The van der Waals surface area contributed by atoms with E-state index in [2.05, 4.69) is 15.0 Å². The smallest absolute Gasteiger partial charge is 0.356 e. The Morgan fingerprint density at radius 3 is 2.96 bits per heavy atom. The van der Waals surface area contributed by atoms with Crippen molar-refractivity contribution in [2.75, 3.05) is 25.3 Å². The summed E-state index contributed by atoms with van der Waals surface area (Å²) in [5, 5.41) is 0. The Hall–Kier alpha value is -2.32. The molecule has 0 saturated carbocycles. The Bertz CT molecular complexity index is 964. The van der Waals surface area contributed by atoms with E-state index in [1.807, 2.05) is 30.3 Å². The fraction of sp³-hybridized carbons (Fsp3) is 0.353. The van der Waals surface area contributed by atoms with Gasteiger partial charge >= 0.3 is 7.60 Å². The number of fused-ring (bicyclic) bond motifs is 1. The second kappa shape index (κ2) is 7.74. The van der Waals surface area contributed by atoms with Crippen molar-refractivity contribution in [3.05, 3.63) is 48.5 Å². The minimum absolute atomic E-state index is 0.0971. The Balaban J connectivity index is 1.33. The summed E-state index contributed by atoms with van der Waals surface area (Å²) in [7, 11) is -3.29. The first-order chi connectivity index (χ1) is 13.1. The number of nitrogens with two attached hydrogens (primary N) is 1. The van der Waals surface area contributed by atoms with Gasteiger partial charge in [-0.1, -0.05) is 30.3 Å². The van der Waals surface area contributed by atoms with E-state index in [1.165, 1.54) is 6.33 Å². The highest BCUT2D eigenvalue weighted by Crippen LogP contribution is 2.55. The molecule has 2 N–H and O–H groups in total. The molecule has 1 aliphatic rings. The second-order valence-electron chi connectivity index (χ2n) is 6.14. The number of hydrogen-bond acceptors (Lipinski definition) is 8. The lowest BCUT2D eigenvalue weighted by atomic mass is 10.1. The first-order valence-corrected chi connectivity index (χ1v) is 10.3. The molecule has 1 aliphatic heterocycles. The van der Waals surface area contributed by atoms with Gasteiger partial charge in [-0.05, 0) is 5.56 Å². The van der Waals surface area contributed by atoms with Crippen LogP contribution in [0.15, 0.2) is 43.0 Å². The zero-order valence-electron chi connectivity index (χ0n) is 14.6. The molecule has 0 amide bonds. The largest absolute Gasteiger partial charge is 0.382 e. The summed E-state index contributed by atoms with van der Waals surface area (Å²) in [6.45, 7) is 1.17. The van der Waals surface area contributed by atoms with Crippen molar-refractivity contribution in [2.45, 2.75) is 19.1 Å². The minimum Gasteiger partial charge on any atom is -0.382 e. The van der Waals surface area contributed by atoms with Crippen molar-refractivity contribution >= 4 is 24.6 Å². The molecule has 1 saturated heterocycles. The molecule has 2 aromatic heterocycles. The summed E-state index contributed by atoms with van der Waals surface area (Å²) >= 11 is 0. The summed E-state index contributed by atoms with van der Waals surface area (Å²) in [5.41, 5.74) is 7.94. The van der Waals surface area contributed by atoms with Gasteiger partial charge in [-0.3, -0.25) is 9.09 Å². The zero-order chi connectivity index (χ0) is 18.7. The summed E-state index contributed by atoms with van der Waals surface area (Å²) < 4.78 is 31.3. The molecule has 1 aromatic carbocycles. The number of nitrogens with zero attached hydrogens (tertiary/aromatic N) is 4. The summed E-state index contributed by atoms with van der Waals surface area (Å²) in [4.78, 5) is 12.3. The van der Waals surface area contributed by atoms with Gasteiger partial charge in [0.1, 0.15) is 18.2 Å². The van der Waals surface area contributed by atoms with Gasteiger partial charge in [0.2, 0.25) is 0 Å². The van der Waals surface area contributed by atoms with Crippen LogP contribution in [-0.2, 0) is 24.9 Å². The van der Waals surface area contributed by atoms with Gasteiger partial charge in [-0.15, -0.1) is 0 Å². The number of ether oxygens (including phenoxy) is 1. The van der Waals surface area contributed by atoms with Crippen molar-refractivity contribution in [3.63, 3.8) is 0 Å². The Morgan fingerprint density at radius 1 is 1.26 bits per heavy atom. The standard InChI is InChI=1S/C17H20N5O4P/c18-16-15-17(20-10-19-16)22(11-21-15)7-9-24-12-27(23)25-8-6-14(26-27)13-4-2-1-3-5-13/h1-5,10-11,14H,6-9,12H2,(H2,18,19,20)/t14-,27?/m0/s1. The van der Waals surface area contributed by atoms with Crippen LogP contribution < -0.4 is 5.73 Å². The minimum atomic E-state index is -3.29. The van der Waals surface area contributed by atoms with Gasteiger partial charge in [0.25, 0.3) is 0 Å². The van der Waals surface area contributed by atoms with Crippen LogP contribution >= 0.6 is 7.60 Å². The van der Waals surface area contributed by atoms with Gasteiger partial charge in [-0.2, -0.15) is 0 Å². The molecule has 3 heterocycles. The van der Waals surface area contributed by atoms with Crippen molar-refractivity contribution in [2.24, 2.45) is 0 Å². The highest BCUT2D eigenvalue weighted by atomic mass is 31.2. The van der Waals surface area contributed by atoms with Crippen LogP contribution in [0.2, 0.25) is 0 Å². The number of hydrogen-bond donors (Lipinski definition) is 1. The average molecular weight is 389 g/mol. The molecular weight excluding hydrogens is 369 g/mol. The highest BCUT2D eigenvalue weighted by molar-refractivity contribution is 7.53. The Morgan fingerprint density at radius 2 is 2.11 bits per heavy atom. The molecular formula is C17H20N5O4P. The molecule has 142 valence electrons. The van der Waals surface area contributed by atoms with Crippen molar-refractivity contribution in [3.8, 4) is 0 Å². The summed E-state index contributed by atoms with van der Waals surface area (Å²) in [6.07, 6.45) is 3.34. The molecule has 4 rings (SSSR count). The lowest BCUT2D eigenvalue weighted by molar-refractivity contribution is 0.0563. The van der Waals surface area contributed by atoms with Gasteiger partial charge in [0, 0.05) is 13.0 Å². The molecule has 2 atom stereocenters. The topological polar surface area (TPSA) is 114 Å². The van der Waals surface area contributed by atoms with E-state index >= 15 is 0 Å². The number of aromatic nitrogens is 4. The second-order valence-corrected chi connectivity index (χ2v) is 8.09. The monoisotopic (exact) mass is 389 g/mol. The van der Waals surface area contributed by atoms with E-state index in [9.17, 15) is 4.57 Å². The quantitative estimate of drug-likeness (QED) is 0.506. The molecule has 3 aromatic rings. The first-order valence-electron chi connectivity index (χ1n) is 8.61. The number of rotatable bonds is 6. The molecule has 9 nitrogen and oxygen atoms in total. The van der Waals surface area contributed by atoms with Gasteiger partial charge in [0.05, 0.1) is 25.6 Å². The van der Waals surface area contributed by atoms with Crippen molar-refractivity contribution < 1.29 is 18.3 Å². The maximum atomic E-state index is 12.8. The molecule has 1 fully saturated rings.